The molecule has 2 aromatic heterocycles. The van der Waals surface area contributed by atoms with Crippen LogP contribution in [0, 0.1) is 0 Å². The maximum absolute atomic E-state index is 12.3. The molecule has 10 heteroatoms. The van der Waals surface area contributed by atoms with Crippen molar-refractivity contribution in [2.24, 2.45) is 0 Å². The molecular formula is C20H26ClN7O2. The fourth-order valence-electron chi connectivity index (χ4n) is 3.37. The van der Waals surface area contributed by atoms with E-state index in [4.69, 9.17) is 4.52 Å². The van der Waals surface area contributed by atoms with Gasteiger partial charge in [-0.15, -0.1) is 17.5 Å². The lowest BCUT2D eigenvalue weighted by atomic mass is 10.1. The van der Waals surface area contributed by atoms with Crippen molar-refractivity contribution in [1.82, 2.24) is 35.8 Å². The lowest BCUT2D eigenvalue weighted by Gasteiger charge is -2.22. The molecule has 0 aliphatic carbocycles. The number of aromatic nitrogens is 5. The smallest absolute Gasteiger partial charge is 0.273 e. The molecule has 1 saturated heterocycles. The molecular weight excluding hydrogens is 406 g/mol. The van der Waals surface area contributed by atoms with Crippen LogP contribution in [0.15, 0.2) is 35.0 Å². The van der Waals surface area contributed by atoms with E-state index >= 15 is 0 Å². The van der Waals surface area contributed by atoms with Crippen LogP contribution in [0.3, 0.4) is 0 Å². The van der Waals surface area contributed by atoms with Crippen LogP contribution in [0.5, 0.6) is 0 Å². The first-order valence-corrected chi connectivity index (χ1v) is 10.1. The number of carbonyl (C=O) groups is 1. The van der Waals surface area contributed by atoms with Gasteiger partial charge in [0, 0.05) is 18.5 Å². The SMILES string of the molecule is CCc1noc(-c2ccc(CCNC(=O)c3cn(C4CCNCC4)nn3)cc2)n1.Cl. The third-order valence-corrected chi connectivity index (χ3v) is 5.11. The van der Waals surface area contributed by atoms with Gasteiger partial charge in [0.25, 0.3) is 11.8 Å². The Bertz CT molecular complexity index is 948. The third kappa shape index (κ3) is 5.22. The van der Waals surface area contributed by atoms with Gasteiger partial charge < -0.3 is 15.2 Å². The molecule has 0 unspecified atom stereocenters. The van der Waals surface area contributed by atoms with Crippen molar-refractivity contribution in [2.45, 2.75) is 38.6 Å². The molecule has 1 aliphatic rings. The van der Waals surface area contributed by atoms with Crippen LogP contribution in [-0.4, -0.2) is 50.7 Å². The van der Waals surface area contributed by atoms with Crippen LogP contribution in [-0.2, 0) is 12.8 Å². The first-order chi connectivity index (χ1) is 14.2. The number of hydrogen-bond acceptors (Lipinski definition) is 7. The van der Waals surface area contributed by atoms with Crippen molar-refractivity contribution < 1.29 is 9.32 Å². The second kappa shape index (κ2) is 10.3. The van der Waals surface area contributed by atoms with Crippen LogP contribution < -0.4 is 10.6 Å². The molecule has 160 valence electrons. The molecule has 30 heavy (non-hydrogen) atoms. The highest BCUT2D eigenvalue weighted by Crippen LogP contribution is 2.18. The summed E-state index contributed by atoms with van der Waals surface area (Å²) in [7, 11) is 0. The first kappa shape index (κ1) is 21.9. The van der Waals surface area contributed by atoms with Crippen molar-refractivity contribution >= 4 is 18.3 Å². The Labute approximate surface area is 181 Å². The van der Waals surface area contributed by atoms with Crippen molar-refractivity contribution in [2.75, 3.05) is 19.6 Å². The zero-order chi connectivity index (χ0) is 20.1. The number of hydrogen-bond donors (Lipinski definition) is 2. The standard InChI is InChI=1S/C20H25N7O2.ClH/c1-2-18-23-20(29-25-18)15-5-3-14(4-6-15)7-12-22-19(28)17-13-27(26-24-17)16-8-10-21-11-9-16;/h3-6,13,16,21H,2,7-12H2,1H3,(H,22,28);1H. The van der Waals surface area contributed by atoms with E-state index in [-0.39, 0.29) is 18.3 Å². The maximum Gasteiger partial charge on any atom is 0.273 e. The Morgan fingerprint density at radius 3 is 2.73 bits per heavy atom. The van der Waals surface area contributed by atoms with Gasteiger partial charge in [-0.2, -0.15) is 4.98 Å². The van der Waals surface area contributed by atoms with Crippen LogP contribution in [0.4, 0.5) is 0 Å². The van der Waals surface area contributed by atoms with Crippen molar-refractivity contribution in [3.05, 3.63) is 47.5 Å². The number of carbonyl (C=O) groups excluding carboxylic acids is 1. The number of halogens is 1. The average Bonchev–Trinajstić information content (AvgIpc) is 3.45. The van der Waals surface area contributed by atoms with Crippen LogP contribution in [0.1, 0.15) is 47.7 Å². The summed E-state index contributed by atoms with van der Waals surface area (Å²) in [5.41, 5.74) is 2.36. The number of piperidine rings is 1. The Morgan fingerprint density at radius 1 is 1.27 bits per heavy atom. The van der Waals surface area contributed by atoms with Gasteiger partial charge in [0.15, 0.2) is 11.5 Å². The summed E-state index contributed by atoms with van der Waals surface area (Å²) >= 11 is 0. The van der Waals surface area contributed by atoms with Crippen molar-refractivity contribution in [1.29, 1.82) is 0 Å². The maximum atomic E-state index is 12.3. The Kier molecular flexibility index (Phi) is 7.53. The number of nitrogens with zero attached hydrogens (tertiary/aromatic N) is 5. The molecule has 3 heterocycles. The van der Waals surface area contributed by atoms with E-state index in [2.05, 4.69) is 31.1 Å². The second-order valence-corrected chi connectivity index (χ2v) is 7.14. The predicted octanol–water partition coefficient (Wildman–Crippen LogP) is 2.21. The molecule has 1 aromatic carbocycles. The minimum atomic E-state index is -0.195. The lowest BCUT2D eigenvalue weighted by molar-refractivity contribution is 0.0949. The summed E-state index contributed by atoms with van der Waals surface area (Å²) in [4.78, 5) is 16.7. The topological polar surface area (TPSA) is 111 Å². The lowest BCUT2D eigenvalue weighted by Crippen LogP contribution is -2.29. The second-order valence-electron chi connectivity index (χ2n) is 7.14. The van der Waals surface area contributed by atoms with Gasteiger partial charge in [-0.25, -0.2) is 4.68 Å². The molecule has 4 rings (SSSR count). The normalized spacial score (nSPS) is 14.3. The van der Waals surface area contributed by atoms with Crippen LogP contribution >= 0.6 is 12.4 Å². The van der Waals surface area contributed by atoms with Gasteiger partial charge in [-0.3, -0.25) is 4.79 Å². The third-order valence-electron chi connectivity index (χ3n) is 5.11. The fourth-order valence-corrected chi connectivity index (χ4v) is 3.37. The van der Waals surface area contributed by atoms with Crippen LogP contribution in [0.25, 0.3) is 11.5 Å². The van der Waals surface area contributed by atoms with E-state index in [1.165, 1.54) is 0 Å². The summed E-state index contributed by atoms with van der Waals surface area (Å²) in [6, 6.07) is 8.23. The molecule has 0 radical (unpaired) electrons. The largest absolute Gasteiger partial charge is 0.350 e. The molecule has 3 aromatic rings. The highest BCUT2D eigenvalue weighted by molar-refractivity contribution is 5.91. The minimum absolute atomic E-state index is 0. The van der Waals surface area contributed by atoms with Crippen molar-refractivity contribution in [3.63, 3.8) is 0 Å². The Hall–Kier alpha value is -2.78. The predicted molar refractivity (Wildman–Crippen MR) is 114 cm³/mol. The molecule has 1 aliphatic heterocycles. The zero-order valence-electron chi connectivity index (χ0n) is 16.9. The molecule has 2 N–H and O–H groups in total. The molecule has 0 spiro atoms. The Balaban J connectivity index is 0.00000256. The minimum Gasteiger partial charge on any atom is -0.350 e. The molecule has 0 saturated carbocycles. The number of amides is 1. The molecule has 0 bridgehead atoms. The molecule has 0 atom stereocenters. The zero-order valence-corrected chi connectivity index (χ0v) is 17.7. The van der Waals surface area contributed by atoms with Crippen LogP contribution in [0.2, 0.25) is 0 Å². The highest BCUT2D eigenvalue weighted by Gasteiger charge is 2.18. The van der Waals surface area contributed by atoms with Gasteiger partial charge in [0.05, 0.1) is 12.2 Å². The summed E-state index contributed by atoms with van der Waals surface area (Å²) in [5.74, 6) is 1.03. The van der Waals surface area contributed by atoms with E-state index in [0.29, 0.717) is 30.0 Å². The quantitative estimate of drug-likeness (QED) is 0.589. The van der Waals surface area contributed by atoms with E-state index in [1.54, 1.807) is 6.20 Å². The van der Waals surface area contributed by atoms with Gasteiger partial charge >= 0.3 is 0 Å². The fraction of sp³-hybridized carbons (Fsp3) is 0.450. The van der Waals surface area contributed by atoms with Gasteiger partial charge in [-0.1, -0.05) is 29.4 Å². The van der Waals surface area contributed by atoms with Gasteiger partial charge in [0.1, 0.15) is 0 Å². The number of nitrogens with one attached hydrogen (secondary N) is 2. The monoisotopic (exact) mass is 431 g/mol. The average molecular weight is 432 g/mol. The number of aryl methyl sites for hydroxylation is 1. The summed E-state index contributed by atoms with van der Waals surface area (Å²) in [5, 5.41) is 18.3. The Morgan fingerprint density at radius 2 is 2.03 bits per heavy atom. The van der Waals surface area contributed by atoms with Crippen molar-refractivity contribution in [3.8, 4) is 11.5 Å². The van der Waals surface area contributed by atoms with E-state index < -0.39 is 0 Å². The molecule has 1 fully saturated rings. The van der Waals surface area contributed by atoms with Gasteiger partial charge in [0.2, 0.25) is 0 Å². The molecule has 1 amide bonds. The summed E-state index contributed by atoms with van der Waals surface area (Å²) in [6.07, 6.45) is 5.22. The first-order valence-electron chi connectivity index (χ1n) is 10.1. The summed E-state index contributed by atoms with van der Waals surface area (Å²) in [6.45, 7) is 4.45. The van der Waals surface area contributed by atoms with E-state index in [0.717, 1.165) is 49.9 Å². The number of benzene rings is 1. The van der Waals surface area contributed by atoms with E-state index in [9.17, 15) is 4.79 Å². The summed E-state index contributed by atoms with van der Waals surface area (Å²) < 4.78 is 7.07. The highest BCUT2D eigenvalue weighted by atomic mass is 35.5. The number of rotatable bonds is 7. The van der Waals surface area contributed by atoms with E-state index in [1.807, 2.05) is 35.9 Å². The molecule has 9 nitrogen and oxygen atoms in total. The van der Waals surface area contributed by atoms with Gasteiger partial charge in [-0.05, 0) is 50.0 Å².